The molecule has 11 heteroatoms. The lowest BCUT2D eigenvalue weighted by molar-refractivity contribution is 0.0923. The lowest BCUT2D eigenvalue weighted by Crippen LogP contribution is -2.35. The molecule has 6 rings (SSSR count). The predicted molar refractivity (Wildman–Crippen MR) is 254 cm³/mol. The van der Waals surface area contributed by atoms with Crippen molar-refractivity contribution in [2.45, 2.75) is 118 Å². The molecule has 0 fully saturated rings. The first kappa shape index (κ1) is 48.6. The van der Waals surface area contributed by atoms with Gasteiger partial charge in [0.15, 0.2) is 0 Å². The molecule has 1 aliphatic rings. The van der Waals surface area contributed by atoms with Gasteiger partial charge >= 0.3 is 7.12 Å². The zero-order valence-corrected chi connectivity index (χ0v) is 39.6. The van der Waals surface area contributed by atoms with E-state index in [1.165, 1.54) is 16.7 Å². The Balaban J connectivity index is 1.24. The Morgan fingerprint density at radius 1 is 0.562 bits per heavy atom. The summed E-state index contributed by atoms with van der Waals surface area (Å²) in [5.74, 6) is 3.56. The van der Waals surface area contributed by atoms with Crippen LogP contribution in [-0.2, 0) is 77.6 Å². The van der Waals surface area contributed by atoms with Crippen LogP contribution < -0.4 is 24.4 Å². The minimum Gasteiger partial charge on any atom is -0.496 e. The van der Waals surface area contributed by atoms with E-state index in [9.17, 15) is 10.0 Å². The van der Waals surface area contributed by atoms with E-state index in [4.69, 9.17) is 33.2 Å². The average molecular weight is 874 g/mol. The summed E-state index contributed by atoms with van der Waals surface area (Å²) in [5.41, 5.74) is 10.3. The van der Waals surface area contributed by atoms with Gasteiger partial charge in [-0.1, -0.05) is 77.9 Å². The van der Waals surface area contributed by atoms with Gasteiger partial charge in [-0.25, -0.2) is 0 Å². The van der Waals surface area contributed by atoms with Crippen LogP contribution in [0.4, 0.5) is 0 Å². The molecule has 0 saturated carbocycles. The van der Waals surface area contributed by atoms with Crippen LogP contribution >= 0.6 is 0 Å². The molecule has 0 amide bonds. The Labute approximate surface area is 381 Å². The smallest absolute Gasteiger partial charge is 0.488 e. The number of benzene rings is 5. The summed E-state index contributed by atoms with van der Waals surface area (Å²) >= 11 is 0. The first-order chi connectivity index (χ1) is 30.6. The molecule has 0 spiro atoms. The van der Waals surface area contributed by atoms with E-state index in [2.05, 4.69) is 89.9 Å². The van der Waals surface area contributed by atoms with Crippen molar-refractivity contribution >= 4 is 12.6 Å². The lowest BCUT2D eigenvalue weighted by Gasteiger charge is -2.25. The van der Waals surface area contributed by atoms with Crippen molar-refractivity contribution in [1.29, 1.82) is 0 Å². The third-order valence-corrected chi connectivity index (χ3v) is 11.8. The van der Waals surface area contributed by atoms with Crippen molar-refractivity contribution < 1.29 is 43.2 Å². The second-order valence-corrected chi connectivity index (χ2v) is 18.9. The Hall–Kier alpha value is -4.88. The topological polar surface area (TPSA) is 108 Å². The van der Waals surface area contributed by atoms with Gasteiger partial charge < -0.3 is 48.1 Å². The fourth-order valence-electron chi connectivity index (χ4n) is 8.27. The Morgan fingerprint density at radius 2 is 0.984 bits per heavy atom. The summed E-state index contributed by atoms with van der Waals surface area (Å²) in [4.78, 5) is 2.22. The van der Waals surface area contributed by atoms with Crippen molar-refractivity contribution in [3.63, 3.8) is 0 Å². The van der Waals surface area contributed by atoms with Crippen LogP contribution in [0, 0.1) is 0 Å². The lowest BCUT2D eigenvalue weighted by atomic mass is 9.77. The van der Waals surface area contributed by atoms with Crippen LogP contribution in [0.15, 0.2) is 84.9 Å². The molecule has 10 nitrogen and oxygen atoms in total. The highest BCUT2D eigenvalue weighted by Crippen LogP contribution is 2.38. The van der Waals surface area contributed by atoms with Gasteiger partial charge in [-0.05, 0) is 120 Å². The van der Waals surface area contributed by atoms with Crippen LogP contribution in [0.2, 0.25) is 0 Å². The van der Waals surface area contributed by atoms with Crippen molar-refractivity contribution in [2.75, 3.05) is 34.9 Å². The standard InChI is InChI=1S/C53H68BNO9/c1-52(2,3)44-23-38-30-61-31-39-24-45(53(4,5)6)26-41(50(39)59-9)33-63-35-43-28-47(27-42(51(43)60-10)34-62-32-40(25-44)49(38)58-8)64-46-20-18-36(19-21-46)15-13-14-22-55(7)29-37-16-11-12-17-48(37)54(56)57/h11-12,16-21,23-28,56-57H,13-15,22,29-35H2,1-10H3. The molecular formula is C53H68BNO9. The minimum atomic E-state index is -1.47. The highest BCUT2D eigenvalue weighted by Gasteiger charge is 2.24. The maximum atomic E-state index is 9.75. The maximum absolute atomic E-state index is 9.75. The van der Waals surface area contributed by atoms with Gasteiger partial charge in [-0.2, -0.15) is 0 Å². The molecule has 0 atom stereocenters. The number of ether oxygens (including phenoxy) is 7. The van der Waals surface area contributed by atoms with E-state index in [0.29, 0.717) is 49.9 Å². The number of unbranched alkanes of at least 4 members (excludes halogenated alkanes) is 1. The van der Waals surface area contributed by atoms with Gasteiger partial charge in [0.25, 0.3) is 0 Å². The number of hydrogen-bond acceptors (Lipinski definition) is 10. The molecule has 0 unspecified atom stereocenters. The second kappa shape index (κ2) is 21.9. The quantitative estimate of drug-likeness (QED) is 0.0878. The van der Waals surface area contributed by atoms with E-state index >= 15 is 0 Å². The Bertz CT molecular complexity index is 2210. The molecule has 2 N–H and O–H groups in total. The summed E-state index contributed by atoms with van der Waals surface area (Å²) in [6, 6.07) is 28.4. The van der Waals surface area contributed by atoms with E-state index in [0.717, 1.165) is 82.0 Å². The molecule has 0 saturated heterocycles. The largest absolute Gasteiger partial charge is 0.496 e. The number of hydrogen-bond donors (Lipinski definition) is 2. The van der Waals surface area contributed by atoms with Gasteiger partial charge in [-0.15, -0.1) is 0 Å². The minimum absolute atomic E-state index is 0.118. The van der Waals surface area contributed by atoms with E-state index in [1.807, 2.05) is 42.5 Å². The van der Waals surface area contributed by atoms with Gasteiger partial charge in [0.2, 0.25) is 0 Å². The zero-order chi connectivity index (χ0) is 46.0. The van der Waals surface area contributed by atoms with Gasteiger partial charge in [0.1, 0.15) is 28.7 Å². The third kappa shape index (κ3) is 12.7. The summed E-state index contributed by atoms with van der Waals surface area (Å²) < 4.78 is 44.3. The van der Waals surface area contributed by atoms with Crippen LogP contribution in [0.5, 0.6) is 28.7 Å². The van der Waals surface area contributed by atoms with Gasteiger partial charge in [-0.3, -0.25) is 0 Å². The normalized spacial score (nSPS) is 13.8. The zero-order valence-electron chi connectivity index (χ0n) is 39.6. The summed E-state index contributed by atoms with van der Waals surface area (Å²) in [5, 5.41) is 19.5. The van der Waals surface area contributed by atoms with Crippen molar-refractivity contribution in [3.05, 3.63) is 141 Å². The molecular weight excluding hydrogens is 805 g/mol. The molecule has 0 aromatic heterocycles. The van der Waals surface area contributed by atoms with Crippen LogP contribution in [0.1, 0.15) is 110 Å². The predicted octanol–water partition coefficient (Wildman–Crippen LogP) is 9.70. The highest BCUT2D eigenvalue weighted by molar-refractivity contribution is 6.59. The molecule has 5 aromatic carbocycles. The van der Waals surface area contributed by atoms with Gasteiger partial charge in [0.05, 0.1) is 61.0 Å². The third-order valence-electron chi connectivity index (χ3n) is 11.8. The highest BCUT2D eigenvalue weighted by atomic mass is 16.5. The van der Waals surface area contributed by atoms with E-state index < -0.39 is 7.12 Å². The molecule has 5 aromatic rings. The second-order valence-electron chi connectivity index (χ2n) is 18.9. The van der Waals surface area contributed by atoms with Crippen molar-refractivity contribution in [1.82, 2.24) is 4.90 Å². The summed E-state index contributed by atoms with van der Waals surface area (Å²) in [6.07, 6.45) is 2.98. The fraction of sp³-hybridized carbons (Fsp3) is 0.434. The first-order valence-corrected chi connectivity index (χ1v) is 22.3. The van der Waals surface area contributed by atoms with Crippen LogP contribution in [0.3, 0.4) is 0 Å². The molecule has 342 valence electrons. The number of aryl methyl sites for hydroxylation is 1. The van der Waals surface area contributed by atoms with Crippen LogP contribution in [0.25, 0.3) is 0 Å². The number of rotatable bonds is 13. The van der Waals surface area contributed by atoms with Crippen molar-refractivity contribution in [3.8, 4) is 28.7 Å². The number of methoxy groups -OCH3 is 3. The summed E-state index contributed by atoms with van der Waals surface area (Å²) in [6.45, 7) is 16.6. The molecule has 64 heavy (non-hydrogen) atoms. The summed E-state index contributed by atoms with van der Waals surface area (Å²) in [7, 11) is 5.67. The Kier molecular flexibility index (Phi) is 16.6. The Morgan fingerprint density at radius 3 is 1.39 bits per heavy atom. The van der Waals surface area contributed by atoms with Crippen LogP contribution in [-0.4, -0.2) is 57.0 Å². The number of fused-ring (bicyclic) bond motifs is 6. The molecule has 1 aliphatic heterocycles. The fourth-order valence-corrected chi connectivity index (χ4v) is 8.27. The average Bonchev–Trinajstić information content (AvgIpc) is 3.24. The monoisotopic (exact) mass is 873 g/mol. The molecule has 6 bridgehead atoms. The molecule has 0 radical (unpaired) electrons. The van der Waals surface area contributed by atoms with Crippen molar-refractivity contribution in [2.24, 2.45) is 0 Å². The first-order valence-electron chi connectivity index (χ1n) is 22.3. The molecule has 0 aliphatic carbocycles. The van der Waals surface area contributed by atoms with E-state index in [-0.39, 0.29) is 24.0 Å². The number of nitrogens with zero attached hydrogens (tertiary/aromatic N) is 1. The SMILES string of the molecule is COc1c2cc(Oc3ccc(CCCCN(C)Cc4ccccc4B(O)O)cc3)cc1COCc1cc(C(C)(C)C)cc(c1OC)COCc1cc(C(C)(C)C)cc(c1OC)COC2. The van der Waals surface area contributed by atoms with Gasteiger partial charge in [0, 0.05) is 39.9 Å². The van der Waals surface area contributed by atoms with E-state index in [1.54, 1.807) is 27.4 Å². The molecule has 1 heterocycles. The maximum Gasteiger partial charge on any atom is 0.488 e.